The Kier molecular flexibility index (Phi) is 8.30. The summed E-state index contributed by atoms with van der Waals surface area (Å²) >= 11 is 3.46. The fourth-order valence-corrected chi connectivity index (χ4v) is 4.46. The molecule has 1 aliphatic rings. The summed E-state index contributed by atoms with van der Waals surface area (Å²) in [7, 11) is 0. The Morgan fingerprint density at radius 3 is 2.42 bits per heavy atom. The van der Waals surface area contributed by atoms with E-state index in [1.807, 2.05) is 45.0 Å². The molecule has 0 aliphatic heterocycles. The van der Waals surface area contributed by atoms with Crippen LogP contribution in [-0.4, -0.2) is 28.8 Å². The second kappa shape index (κ2) is 10.9. The Bertz CT molecular complexity index is 904. The van der Waals surface area contributed by atoms with E-state index in [0.29, 0.717) is 13.0 Å². The highest BCUT2D eigenvalue weighted by atomic mass is 79.9. The molecule has 0 heterocycles. The second-order valence-electron chi connectivity index (χ2n) is 8.77. The minimum Gasteiger partial charge on any atom is -0.352 e. The van der Waals surface area contributed by atoms with Gasteiger partial charge in [-0.25, -0.2) is 0 Å². The summed E-state index contributed by atoms with van der Waals surface area (Å²) < 4.78 is 0.993. The molecule has 0 bridgehead atoms. The average molecular weight is 485 g/mol. The third kappa shape index (κ3) is 6.67. The van der Waals surface area contributed by atoms with Gasteiger partial charge in [0, 0.05) is 17.1 Å². The van der Waals surface area contributed by atoms with Crippen LogP contribution in [0.25, 0.3) is 0 Å². The topological polar surface area (TPSA) is 49.4 Å². The molecule has 2 aromatic rings. The Morgan fingerprint density at radius 1 is 1.06 bits per heavy atom. The molecule has 2 aromatic carbocycles. The summed E-state index contributed by atoms with van der Waals surface area (Å²) in [5.41, 5.74) is 4.26. The second-order valence-corrected chi connectivity index (χ2v) is 9.69. The van der Waals surface area contributed by atoms with Crippen molar-refractivity contribution in [2.45, 2.75) is 77.9 Å². The Hall–Kier alpha value is -2.14. The highest BCUT2D eigenvalue weighted by molar-refractivity contribution is 9.10. The van der Waals surface area contributed by atoms with E-state index in [9.17, 15) is 9.59 Å². The predicted octanol–water partition coefficient (Wildman–Crippen LogP) is 5.47. The van der Waals surface area contributed by atoms with Crippen LogP contribution in [0.1, 0.15) is 61.3 Å². The number of carbonyl (C=O) groups excluding carboxylic acids is 2. The highest BCUT2D eigenvalue weighted by Gasteiger charge is 2.28. The molecule has 1 aliphatic carbocycles. The number of hydrogen-bond acceptors (Lipinski definition) is 2. The first kappa shape index (κ1) is 23.5. The molecule has 0 aromatic heterocycles. The van der Waals surface area contributed by atoms with E-state index in [1.165, 1.54) is 6.42 Å². The van der Waals surface area contributed by atoms with Crippen molar-refractivity contribution in [3.05, 3.63) is 69.2 Å². The number of aryl methyl sites for hydroxylation is 2. The lowest BCUT2D eigenvalue weighted by Gasteiger charge is -2.31. The zero-order valence-electron chi connectivity index (χ0n) is 18.8. The summed E-state index contributed by atoms with van der Waals surface area (Å²) in [6.45, 7) is 6.32. The summed E-state index contributed by atoms with van der Waals surface area (Å²) in [4.78, 5) is 28.2. The molecule has 4 nitrogen and oxygen atoms in total. The van der Waals surface area contributed by atoms with E-state index in [4.69, 9.17) is 0 Å². The third-order valence-electron chi connectivity index (χ3n) is 6.23. The van der Waals surface area contributed by atoms with E-state index in [1.54, 1.807) is 4.90 Å². The van der Waals surface area contributed by atoms with Crippen LogP contribution in [0, 0.1) is 13.8 Å². The van der Waals surface area contributed by atoms with Gasteiger partial charge in [0.05, 0.1) is 6.42 Å². The SMILES string of the molecule is Cc1ccc(C)c(CC(=O)N(Cc2ccc(Br)cc2)[C@H](C)C(=O)NC2CCCCC2)c1. The number of nitrogens with one attached hydrogen (secondary N) is 1. The van der Waals surface area contributed by atoms with E-state index >= 15 is 0 Å². The highest BCUT2D eigenvalue weighted by Crippen LogP contribution is 2.20. The number of rotatable bonds is 7. The van der Waals surface area contributed by atoms with Crippen molar-refractivity contribution in [2.24, 2.45) is 0 Å². The smallest absolute Gasteiger partial charge is 0.242 e. The largest absolute Gasteiger partial charge is 0.352 e. The Balaban J connectivity index is 1.78. The first-order chi connectivity index (χ1) is 14.8. The fraction of sp³-hybridized carbons (Fsp3) is 0.462. The molecule has 166 valence electrons. The molecule has 2 amide bonds. The lowest BCUT2D eigenvalue weighted by atomic mass is 9.95. The van der Waals surface area contributed by atoms with Crippen LogP contribution < -0.4 is 5.32 Å². The standard InChI is InChI=1S/C26H33BrN2O2/c1-18-9-10-19(2)22(15-18)16-25(30)29(17-21-11-13-23(27)14-12-21)20(3)26(31)28-24-7-5-4-6-8-24/h9-15,20,24H,4-8,16-17H2,1-3H3,(H,28,31)/t20-/m1/s1. The van der Waals surface area contributed by atoms with Crippen molar-refractivity contribution < 1.29 is 9.59 Å². The van der Waals surface area contributed by atoms with Gasteiger partial charge in [0.1, 0.15) is 6.04 Å². The van der Waals surface area contributed by atoms with Crippen molar-refractivity contribution in [1.29, 1.82) is 0 Å². The predicted molar refractivity (Wildman–Crippen MR) is 129 cm³/mol. The van der Waals surface area contributed by atoms with Gasteiger partial charge in [-0.1, -0.05) is 71.1 Å². The number of amides is 2. The van der Waals surface area contributed by atoms with Gasteiger partial charge in [-0.2, -0.15) is 0 Å². The van der Waals surface area contributed by atoms with Crippen LogP contribution in [0.3, 0.4) is 0 Å². The molecule has 0 saturated heterocycles. The van der Waals surface area contributed by atoms with Crippen molar-refractivity contribution >= 4 is 27.7 Å². The number of nitrogens with zero attached hydrogens (tertiary/aromatic N) is 1. The maximum atomic E-state index is 13.4. The molecule has 0 unspecified atom stereocenters. The summed E-state index contributed by atoms with van der Waals surface area (Å²) in [6.07, 6.45) is 5.92. The molecule has 0 spiro atoms. The van der Waals surface area contributed by atoms with Crippen LogP contribution in [0.15, 0.2) is 46.9 Å². The van der Waals surface area contributed by atoms with Crippen LogP contribution in [-0.2, 0) is 22.6 Å². The number of carbonyl (C=O) groups is 2. The normalized spacial score (nSPS) is 15.4. The van der Waals surface area contributed by atoms with E-state index < -0.39 is 6.04 Å². The summed E-state index contributed by atoms with van der Waals surface area (Å²) in [6, 6.07) is 13.8. The van der Waals surface area contributed by atoms with Gasteiger partial charge in [-0.15, -0.1) is 0 Å². The number of hydrogen-bond donors (Lipinski definition) is 1. The number of halogens is 1. The minimum atomic E-state index is -0.525. The van der Waals surface area contributed by atoms with Gasteiger partial charge < -0.3 is 10.2 Å². The summed E-state index contributed by atoms with van der Waals surface area (Å²) in [5.74, 6) is -0.0822. The van der Waals surface area contributed by atoms with Gasteiger partial charge in [-0.3, -0.25) is 9.59 Å². The fourth-order valence-electron chi connectivity index (χ4n) is 4.19. The van der Waals surface area contributed by atoms with Gasteiger partial charge >= 0.3 is 0 Å². The van der Waals surface area contributed by atoms with Crippen LogP contribution in [0.5, 0.6) is 0 Å². The average Bonchev–Trinajstić information content (AvgIpc) is 2.76. The first-order valence-corrected chi connectivity index (χ1v) is 12.0. The van der Waals surface area contributed by atoms with Crippen molar-refractivity contribution in [2.75, 3.05) is 0 Å². The van der Waals surface area contributed by atoms with E-state index in [0.717, 1.165) is 52.4 Å². The molecule has 5 heteroatoms. The lowest BCUT2D eigenvalue weighted by Crippen LogP contribution is -2.50. The molecule has 1 fully saturated rings. The minimum absolute atomic E-state index is 0.0251. The monoisotopic (exact) mass is 484 g/mol. The van der Waals surface area contributed by atoms with E-state index in [-0.39, 0.29) is 17.9 Å². The zero-order chi connectivity index (χ0) is 22.4. The maximum absolute atomic E-state index is 13.4. The van der Waals surface area contributed by atoms with Crippen molar-refractivity contribution in [3.8, 4) is 0 Å². The Labute approximate surface area is 194 Å². The zero-order valence-corrected chi connectivity index (χ0v) is 20.4. The third-order valence-corrected chi connectivity index (χ3v) is 6.76. The molecule has 1 atom stereocenters. The molecule has 31 heavy (non-hydrogen) atoms. The Morgan fingerprint density at radius 2 is 1.74 bits per heavy atom. The van der Waals surface area contributed by atoms with Crippen molar-refractivity contribution in [1.82, 2.24) is 10.2 Å². The van der Waals surface area contributed by atoms with Crippen LogP contribution in [0.4, 0.5) is 0 Å². The van der Waals surface area contributed by atoms with Gasteiger partial charge in [-0.05, 0) is 62.4 Å². The van der Waals surface area contributed by atoms with Crippen molar-refractivity contribution in [3.63, 3.8) is 0 Å². The van der Waals surface area contributed by atoms with Gasteiger partial charge in [0.15, 0.2) is 0 Å². The number of benzene rings is 2. The molecular formula is C26H33BrN2O2. The van der Waals surface area contributed by atoms with Crippen LogP contribution in [0.2, 0.25) is 0 Å². The molecule has 1 saturated carbocycles. The van der Waals surface area contributed by atoms with Gasteiger partial charge in [0.2, 0.25) is 11.8 Å². The van der Waals surface area contributed by atoms with Crippen LogP contribution >= 0.6 is 15.9 Å². The lowest BCUT2D eigenvalue weighted by molar-refractivity contribution is -0.140. The molecule has 0 radical (unpaired) electrons. The summed E-state index contributed by atoms with van der Waals surface area (Å²) in [5, 5.41) is 3.19. The van der Waals surface area contributed by atoms with E-state index in [2.05, 4.69) is 39.4 Å². The molecule has 3 rings (SSSR count). The van der Waals surface area contributed by atoms with Gasteiger partial charge in [0.25, 0.3) is 0 Å². The molecule has 1 N–H and O–H groups in total. The maximum Gasteiger partial charge on any atom is 0.242 e. The molecular weight excluding hydrogens is 452 g/mol. The quantitative estimate of drug-likeness (QED) is 0.565. The first-order valence-electron chi connectivity index (χ1n) is 11.2.